The summed E-state index contributed by atoms with van der Waals surface area (Å²) in [6.45, 7) is 5.86. The molecule has 1 atom stereocenters. The fourth-order valence-corrected chi connectivity index (χ4v) is 6.07. The molecule has 41 heavy (non-hydrogen) atoms. The van der Waals surface area contributed by atoms with E-state index in [1.165, 1.54) is 15.9 Å². The van der Waals surface area contributed by atoms with E-state index in [9.17, 15) is 19.8 Å². The highest BCUT2D eigenvalue weighted by atomic mass is 32.1. The van der Waals surface area contributed by atoms with Gasteiger partial charge in [0.15, 0.2) is 11.9 Å². The minimum atomic E-state index is -0.860. The summed E-state index contributed by atoms with van der Waals surface area (Å²) in [5.41, 5.74) is 2.03. The molecule has 1 saturated carbocycles. The SMILES string of the molecule is C.CC(C)(C)C(O)Cn1c(=O)c2cc(C3CC3)sc2n(Cc2ccc(-c3ccccc3-c3noc([O-])n3)cc2)c1=O. The molecule has 0 bridgehead atoms. The minimum absolute atomic E-state index is 0. The molecule has 1 fully saturated rings. The maximum atomic E-state index is 13.7. The van der Waals surface area contributed by atoms with Crippen LogP contribution in [-0.2, 0) is 13.1 Å². The van der Waals surface area contributed by atoms with Gasteiger partial charge in [-0.1, -0.05) is 76.7 Å². The lowest BCUT2D eigenvalue weighted by Gasteiger charge is -2.26. The van der Waals surface area contributed by atoms with Gasteiger partial charge < -0.3 is 14.7 Å². The van der Waals surface area contributed by atoms with Crippen LogP contribution in [0.15, 0.2) is 68.7 Å². The average molecular weight is 574 g/mol. The highest BCUT2D eigenvalue weighted by molar-refractivity contribution is 7.18. The first-order valence-electron chi connectivity index (χ1n) is 13.2. The van der Waals surface area contributed by atoms with Gasteiger partial charge >= 0.3 is 5.69 Å². The molecule has 0 aliphatic heterocycles. The molecule has 214 valence electrons. The van der Waals surface area contributed by atoms with Crippen molar-refractivity contribution in [3.63, 3.8) is 0 Å². The van der Waals surface area contributed by atoms with Gasteiger partial charge in [-0.3, -0.25) is 13.9 Å². The lowest BCUT2D eigenvalue weighted by Crippen LogP contribution is -2.44. The van der Waals surface area contributed by atoms with E-state index in [0.717, 1.165) is 34.4 Å². The third-order valence-electron chi connectivity index (χ3n) is 7.43. The molecule has 10 heteroatoms. The average Bonchev–Trinajstić information content (AvgIpc) is 3.54. The molecular weight excluding hydrogens is 540 g/mol. The van der Waals surface area contributed by atoms with E-state index in [1.54, 1.807) is 4.57 Å². The van der Waals surface area contributed by atoms with Gasteiger partial charge in [0.05, 0.1) is 24.6 Å². The molecule has 6 rings (SSSR count). The number of benzene rings is 2. The van der Waals surface area contributed by atoms with Crippen molar-refractivity contribution in [2.45, 2.75) is 66.2 Å². The van der Waals surface area contributed by atoms with Crippen LogP contribution in [-0.4, -0.2) is 30.5 Å². The number of aromatic nitrogens is 4. The van der Waals surface area contributed by atoms with Crippen molar-refractivity contribution >= 4 is 21.6 Å². The fraction of sp³-hybridized carbons (Fsp3) is 0.355. The Hall–Kier alpha value is -4.02. The van der Waals surface area contributed by atoms with Crippen LogP contribution in [0.3, 0.4) is 0 Å². The van der Waals surface area contributed by atoms with Gasteiger partial charge in [0.1, 0.15) is 4.83 Å². The third-order valence-corrected chi connectivity index (χ3v) is 8.75. The maximum Gasteiger partial charge on any atom is 0.332 e. The summed E-state index contributed by atoms with van der Waals surface area (Å²) in [7, 11) is 0. The van der Waals surface area contributed by atoms with E-state index in [2.05, 4.69) is 14.7 Å². The van der Waals surface area contributed by atoms with Gasteiger partial charge in [-0.15, -0.1) is 11.3 Å². The number of rotatable bonds is 7. The molecule has 0 radical (unpaired) electrons. The summed E-state index contributed by atoms with van der Waals surface area (Å²) in [4.78, 5) is 32.8. The molecule has 9 nitrogen and oxygen atoms in total. The molecule has 2 aromatic carbocycles. The van der Waals surface area contributed by atoms with Gasteiger partial charge in [-0.25, -0.2) is 9.78 Å². The van der Waals surface area contributed by atoms with Gasteiger partial charge in [0.25, 0.3) is 5.56 Å². The first kappa shape index (κ1) is 28.5. The summed E-state index contributed by atoms with van der Waals surface area (Å²) in [5, 5.41) is 26.5. The van der Waals surface area contributed by atoms with E-state index in [4.69, 9.17) is 0 Å². The van der Waals surface area contributed by atoms with Gasteiger partial charge in [-0.2, -0.15) is 5.16 Å². The highest BCUT2D eigenvalue weighted by Gasteiger charge is 2.29. The van der Waals surface area contributed by atoms with Crippen LogP contribution < -0.4 is 16.4 Å². The van der Waals surface area contributed by atoms with Crippen molar-refractivity contribution in [2.75, 3.05) is 0 Å². The van der Waals surface area contributed by atoms with Crippen molar-refractivity contribution in [3.05, 3.63) is 85.9 Å². The molecule has 1 unspecified atom stereocenters. The molecule has 0 amide bonds. The van der Waals surface area contributed by atoms with Crippen LogP contribution in [0.25, 0.3) is 32.7 Å². The largest absolute Gasteiger partial charge is 0.528 e. The van der Waals surface area contributed by atoms with E-state index >= 15 is 0 Å². The molecule has 3 heterocycles. The second kappa shape index (κ2) is 10.8. The number of hydrogen-bond donors (Lipinski definition) is 1. The van der Waals surface area contributed by atoms with Crippen molar-refractivity contribution in [3.8, 4) is 28.6 Å². The second-order valence-corrected chi connectivity index (χ2v) is 12.5. The third kappa shape index (κ3) is 5.49. The number of aliphatic hydroxyl groups excluding tert-OH is 1. The Labute approximate surface area is 241 Å². The van der Waals surface area contributed by atoms with E-state index in [1.807, 2.05) is 75.4 Å². The molecule has 0 saturated heterocycles. The van der Waals surface area contributed by atoms with Crippen molar-refractivity contribution in [2.24, 2.45) is 5.41 Å². The van der Waals surface area contributed by atoms with Crippen LogP contribution in [0, 0.1) is 5.41 Å². The quantitative estimate of drug-likeness (QED) is 0.291. The van der Waals surface area contributed by atoms with Gasteiger partial charge in [-0.05, 0) is 46.9 Å². The zero-order chi connectivity index (χ0) is 28.2. The molecule has 1 N–H and O–H groups in total. The zero-order valence-corrected chi connectivity index (χ0v) is 23.3. The lowest BCUT2D eigenvalue weighted by atomic mass is 9.89. The van der Waals surface area contributed by atoms with Crippen molar-refractivity contribution in [1.82, 2.24) is 19.3 Å². The Kier molecular flexibility index (Phi) is 7.48. The van der Waals surface area contributed by atoms with Gasteiger partial charge in [0.2, 0.25) is 0 Å². The Morgan fingerprint density at radius 2 is 1.76 bits per heavy atom. The van der Waals surface area contributed by atoms with Crippen LogP contribution >= 0.6 is 11.3 Å². The summed E-state index contributed by atoms with van der Waals surface area (Å²) in [6, 6.07) is 17.2. The normalized spacial score (nSPS) is 14.2. The number of aliphatic hydroxyl groups is 1. The molecule has 1 aliphatic carbocycles. The summed E-state index contributed by atoms with van der Waals surface area (Å²) < 4.78 is 7.47. The lowest BCUT2D eigenvalue weighted by molar-refractivity contribution is -0.303. The smallest absolute Gasteiger partial charge is 0.332 e. The van der Waals surface area contributed by atoms with E-state index < -0.39 is 23.3 Å². The monoisotopic (exact) mass is 573 g/mol. The van der Waals surface area contributed by atoms with Crippen LogP contribution in [0.5, 0.6) is 6.08 Å². The number of fused-ring (bicyclic) bond motifs is 1. The van der Waals surface area contributed by atoms with E-state index in [-0.39, 0.29) is 31.9 Å². The maximum absolute atomic E-state index is 13.7. The van der Waals surface area contributed by atoms with Crippen LogP contribution in [0.4, 0.5) is 0 Å². The summed E-state index contributed by atoms with van der Waals surface area (Å²) in [5.74, 6) is 0.674. The Morgan fingerprint density at radius 1 is 1.07 bits per heavy atom. The molecule has 3 aromatic heterocycles. The Morgan fingerprint density at radius 3 is 2.37 bits per heavy atom. The standard InChI is InChI=1S/C30H30N4O5S.CH4/c1-30(2,3)24(35)16-33-26(36)22-14-23(19-12-13-19)40-27(22)34(29(33)38)15-17-8-10-18(11-9-17)20-6-4-5-7-21(20)25-31-28(37)39-32-25;/h4-11,14,19,24,35H,12-13,15-16H2,1-3H3,(H,31,32,37);1H4/p-1. The topological polar surface area (TPSA) is 126 Å². The Balaban J connectivity index is 0.00000337. The number of nitrogens with zero attached hydrogens (tertiary/aromatic N) is 4. The highest BCUT2D eigenvalue weighted by Crippen LogP contribution is 2.44. The van der Waals surface area contributed by atoms with Crippen molar-refractivity contribution < 1.29 is 14.7 Å². The molecule has 0 spiro atoms. The molecule has 1 aliphatic rings. The predicted octanol–water partition coefficient (Wildman–Crippen LogP) is 4.98. The predicted molar refractivity (Wildman–Crippen MR) is 158 cm³/mol. The van der Waals surface area contributed by atoms with Gasteiger partial charge in [0, 0.05) is 10.4 Å². The molecule has 5 aromatic rings. The minimum Gasteiger partial charge on any atom is -0.528 e. The number of thiophene rings is 1. The summed E-state index contributed by atoms with van der Waals surface area (Å²) >= 11 is 1.52. The van der Waals surface area contributed by atoms with Crippen molar-refractivity contribution in [1.29, 1.82) is 0 Å². The second-order valence-electron chi connectivity index (χ2n) is 11.4. The Bertz CT molecular complexity index is 1820. The first-order valence-corrected chi connectivity index (χ1v) is 14.1. The number of hydrogen-bond acceptors (Lipinski definition) is 8. The first-order chi connectivity index (χ1) is 19.1. The fourth-order valence-electron chi connectivity index (χ4n) is 4.76. The summed E-state index contributed by atoms with van der Waals surface area (Å²) in [6.07, 6.45) is 0.585. The zero-order valence-electron chi connectivity index (χ0n) is 22.5. The van der Waals surface area contributed by atoms with Crippen LogP contribution in [0.2, 0.25) is 0 Å². The van der Waals surface area contributed by atoms with E-state index in [0.29, 0.717) is 21.7 Å². The molecular formula is C31H33N4O5S-. The van der Waals surface area contributed by atoms with Crippen LogP contribution in [0.1, 0.15) is 57.4 Å².